The molecule has 1 rings (SSSR count). The van der Waals surface area contributed by atoms with Gasteiger partial charge in [0.25, 0.3) is 0 Å². The number of nitrogens with one attached hydrogen (secondary N) is 1. The van der Waals surface area contributed by atoms with Gasteiger partial charge in [-0.2, -0.15) is 0 Å². The molecule has 0 saturated heterocycles. The number of carbonyl (C=O) groups is 1. The van der Waals surface area contributed by atoms with E-state index in [1.165, 1.54) is 13.2 Å². The molecule has 0 unspecified atom stereocenters. The van der Waals surface area contributed by atoms with Crippen molar-refractivity contribution in [3.05, 3.63) is 29.6 Å². The summed E-state index contributed by atoms with van der Waals surface area (Å²) < 4.78 is 18.4. The van der Waals surface area contributed by atoms with Crippen molar-refractivity contribution < 1.29 is 13.9 Å². The number of halogens is 1. The van der Waals surface area contributed by atoms with Gasteiger partial charge >= 0.3 is 0 Å². The van der Waals surface area contributed by atoms with Crippen molar-refractivity contribution in [1.29, 1.82) is 0 Å². The van der Waals surface area contributed by atoms with E-state index in [4.69, 9.17) is 4.74 Å². The highest BCUT2D eigenvalue weighted by molar-refractivity contribution is 5.81. The number of rotatable bonds is 3. The Morgan fingerprint density at radius 2 is 2.00 bits per heavy atom. The third-order valence-corrected chi connectivity index (χ3v) is 2.70. The molecule has 0 fully saturated rings. The van der Waals surface area contributed by atoms with Gasteiger partial charge in [0.15, 0.2) is 11.6 Å². The smallest absolute Gasteiger partial charge is 0.225 e. The molecular weight excluding hydrogens is 233 g/mol. The Balaban J connectivity index is 2.82. The van der Waals surface area contributed by atoms with E-state index in [0.717, 1.165) is 0 Å². The van der Waals surface area contributed by atoms with Crippen molar-refractivity contribution in [3.8, 4) is 5.75 Å². The molecule has 0 spiro atoms. The second-order valence-corrected chi connectivity index (χ2v) is 5.34. The maximum Gasteiger partial charge on any atom is 0.225 e. The van der Waals surface area contributed by atoms with E-state index in [2.05, 4.69) is 5.32 Å². The van der Waals surface area contributed by atoms with E-state index in [1.54, 1.807) is 12.1 Å². The number of hydrogen-bond acceptors (Lipinski definition) is 2. The second kappa shape index (κ2) is 5.38. The Kier molecular flexibility index (Phi) is 4.33. The molecule has 3 nitrogen and oxygen atoms in total. The molecule has 1 aromatic carbocycles. The van der Waals surface area contributed by atoms with E-state index >= 15 is 0 Å². The van der Waals surface area contributed by atoms with Crippen molar-refractivity contribution in [2.24, 2.45) is 5.41 Å². The van der Waals surface area contributed by atoms with Crippen LogP contribution in [0, 0.1) is 11.2 Å². The molecule has 0 heterocycles. The van der Waals surface area contributed by atoms with Gasteiger partial charge in [-0.15, -0.1) is 0 Å². The maximum atomic E-state index is 13.5. The number of ether oxygens (including phenoxy) is 1. The van der Waals surface area contributed by atoms with Crippen LogP contribution in [0.2, 0.25) is 0 Å². The van der Waals surface area contributed by atoms with Crippen LogP contribution in [0.25, 0.3) is 0 Å². The van der Waals surface area contributed by atoms with Gasteiger partial charge in [-0.1, -0.05) is 26.8 Å². The minimum atomic E-state index is -0.459. The third kappa shape index (κ3) is 3.45. The van der Waals surface area contributed by atoms with E-state index in [-0.39, 0.29) is 17.7 Å². The van der Waals surface area contributed by atoms with Crippen LogP contribution < -0.4 is 10.1 Å². The first kappa shape index (κ1) is 14.5. The Labute approximate surface area is 107 Å². The van der Waals surface area contributed by atoms with Crippen molar-refractivity contribution in [3.63, 3.8) is 0 Å². The van der Waals surface area contributed by atoms with Gasteiger partial charge < -0.3 is 10.1 Å². The zero-order chi connectivity index (χ0) is 13.9. The Morgan fingerprint density at radius 3 is 2.44 bits per heavy atom. The Morgan fingerprint density at radius 1 is 1.39 bits per heavy atom. The van der Waals surface area contributed by atoms with Gasteiger partial charge in [0, 0.05) is 5.41 Å². The molecule has 0 saturated carbocycles. The van der Waals surface area contributed by atoms with E-state index in [1.807, 2.05) is 27.7 Å². The summed E-state index contributed by atoms with van der Waals surface area (Å²) in [4.78, 5) is 11.8. The molecule has 0 aliphatic carbocycles. The van der Waals surface area contributed by atoms with Gasteiger partial charge in [-0.25, -0.2) is 4.39 Å². The molecule has 100 valence electrons. The normalized spacial score (nSPS) is 13.0. The molecule has 18 heavy (non-hydrogen) atoms. The summed E-state index contributed by atoms with van der Waals surface area (Å²) in [6.45, 7) is 7.34. The van der Waals surface area contributed by atoms with Gasteiger partial charge in [0.1, 0.15) is 0 Å². The van der Waals surface area contributed by atoms with E-state index in [0.29, 0.717) is 5.56 Å². The minimum Gasteiger partial charge on any atom is -0.494 e. The summed E-state index contributed by atoms with van der Waals surface area (Å²) in [7, 11) is 1.42. The topological polar surface area (TPSA) is 38.3 Å². The second-order valence-electron chi connectivity index (χ2n) is 5.34. The van der Waals surface area contributed by atoms with Crippen LogP contribution in [0.3, 0.4) is 0 Å². The lowest BCUT2D eigenvalue weighted by Crippen LogP contribution is -2.36. The summed E-state index contributed by atoms with van der Waals surface area (Å²) in [5.74, 6) is -0.286. The first-order valence-electron chi connectivity index (χ1n) is 5.90. The Bertz CT molecular complexity index is 438. The maximum absolute atomic E-state index is 13.5. The van der Waals surface area contributed by atoms with Crippen molar-refractivity contribution in [1.82, 2.24) is 5.32 Å². The number of carbonyl (C=O) groups excluding carboxylic acids is 1. The minimum absolute atomic E-state index is 0.0637. The summed E-state index contributed by atoms with van der Waals surface area (Å²) in [6.07, 6.45) is 0. The summed E-state index contributed by atoms with van der Waals surface area (Å²) in [5, 5.41) is 2.85. The monoisotopic (exact) mass is 253 g/mol. The zero-order valence-corrected chi connectivity index (χ0v) is 11.5. The van der Waals surface area contributed by atoms with Crippen molar-refractivity contribution in [2.45, 2.75) is 33.7 Å². The number of hydrogen-bond donors (Lipinski definition) is 1. The molecule has 1 amide bonds. The highest BCUT2D eigenvalue weighted by Crippen LogP contribution is 2.23. The quantitative estimate of drug-likeness (QED) is 0.899. The van der Waals surface area contributed by atoms with Crippen LogP contribution in [0.1, 0.15) is 39.3 Å². The van der Waals surface area contributed by atoms with Gasteiger partial charge in [0.05, 0.1) is 13.2 Å². The third-order valence-electron chi connectivity index (χ3n) is 2.70. The lowest BCUT2D eigenvalue weighted by Gasteiger charge is -2.22. The predicted octanol–water partition coefficient (Wildman–Crippen LogP) is 3.06. The lowest BCUT2D eigenvalue weighted by molar-refractivity contribution is -0.129. The molecule has 0 aliphatic rings. The first-order chi connectivity index (χ1) is 8.25. The SMILES string of the molecule is COc1ccc([C@@H](C)NC(=O)C(C)(C)C)cc1F. The van der Waals surface area contributed by atoms with E-state index < -0.39 is 11.2 Å². The molecule has 0 radical (unpaired) electrons. The molecular formula is C14H20FNO2. The van der Waals surface area contributed by atoms with Gasteiger partial charge in [0.2, 0.25) is 5.91 Å². The van der Waals surface area contributed by atoms with Crippen LogP contribution >= 0.6 is 0 Å². The highest BCUT2D eigenvalue weighted by Gasteiger charge is 2.23. The lowest BCUT2D eigenvalue weighted by atomic mass is 9.94. The van der Waals surface area contributed by atoms with Gasteiger partial charge in [-0.3, -0.25) is 4.79 Å². The molecule has 1 aromatic rings. The summed E-state index contributed by atoms with van der Waals surface area (Å²) in [6, 6.07) is 4.45. The van der Waals surface area contributed by atoms with Crippen LogP contribution in [0.5, 0.6) is 5.75 Å². The summed E-state index contributed by atoms with van der Waals surface area (Å²) >= 11 is 0. The van der Waals surface area contributed by atoms with Crippen LogP contribution in [0.4, 0.5) is 4.39 Å². The molecule has 0 bridgehead atoms. The molecule has 1 atom stereocenters. The number of amides is 1. The van der Waals surface area contributed by atoms with Crippen LogP contribution in [0.15, 0.2) is 18.2 Å². The number of benzene rings is 1. The van der Waals surface area contributed by atoms with Crippen LogP contribution in [-0.4, -0.2) is 13.0 Å². The average molecular weight is 253 g/mol. The molecule has 4 heteroatoms. The molecule has 0 aliphatic heterocycles. The first-order valence-corrected chi connectivity index (χ1v) is 5.90. The average Bonchev–Trinajstić information content (AvgIpc) is 2.27. The summed E-state index contributed by atoms with van der Waals surface area (Å²) in [5.41, 5.74) is 0.255. The molecule has 0 aromatic heterocycles. The highest BCUT2D eigenvalue weighted by atomic mass is 19.1. The zero-order valence-electron chi connectivity index (χ0n) is 11.5. The van der Waals surface area contributed by atoms with Crippen molar-refractivity contribution >= 4 is 5.91 Å². The van der Waals surface area contributed by atoms with Crippen molar-refractivity contribution in [2.75, 3.05) is 7.11 Å². The Hall–Kier alpha value is -1.58. The number of methoxy groups -OCH3 is 1. The fraction of sp³-hybridized carbons (Fsp3) is 0.500. The predicted molar refractivity (Wildman–Crippen MR) is 69.0 cm³/mol. The standard InChI is InChI=1S/C14H20FNO2/c1-9(16-13(17)14(2,3)4)10-6-7-12(18-5)11(15)8-10/h6-9H,1-5H3,(H,16,17)/t9-/m1/s1. The fourth-order valence-corrected chi connectivity index (χ4v) is 1.45. The fourth-order valence-electron chi connectivity index (χ4n) is 1.45. The van der Waals surface area contributed by atoms with E-state index in [9.17, 15) is 9.18 Å². The largest absolute Gasteiger partial charge is 0.494 e. The molecule has 1 N–H and O–H groups in total. The van der Waals surface area contributed by atoms with Crippen LogP contribution in [-0.2, 0) is 4.79 Å². The van der Waals surface area contributed by atoms with Gasteiger partial charge in [-0.05, 0) is 24.6 Å².